The number of benzene rings is 1. The third-order valence-corrected chi connectivity index (χ3v) is 4.82. The number of likely N-dealkylation sites (tertiary alicyclic amines) is 1. The van der Waals surface area contributed by atoms with Gasteiger partial charge in [-0.3, -0.25) is 9.59 Å². The van der Waals surface area contributed by atoms with E-state index in [1.54, 1.807) is 20.7 Å². The molecule has 2 fully saturated rings. The Hall–Kier alpha value is -2.74. The van der Waals surface area contributed by atoms with Crippen LogP contribution in [0.25, 0.3) is 0 Å². The van der Waals surface area contributed by atoms with E-state index >= 15 is 0 Å². The second-order valence-electron chi connectivity index (χ2n) is 6.72. The number of aromatic nitrogens is 3. The first kappa shape index (κ1) is 16.7. The Morgan fingerprint density at radius 3 is 2.62 bits per heavy atom. The summed E-state index contributed by atoms with van der Waals surface area (Å²) < 4.78 is 6.95. The minimum Gasteiger partial charge on any atom is -0.378 e. The van der Waals surface area contributed by atoms with E-state index in [1.807, 2.05) is 31.2 Å². The minimum atomic E-state index is -0.119. The number of hydrogen-bond acceptors (Lipinski definition) is 5. The molecule has 136 valence electrons. The summed E-state index contributed by atoms with van der Waals surface area (Å²) in [5.74, 6) is -0.0961. The number of rotatable bonds is 3. The van der Waals surface area contributed by atoms with Gasteiger partial charge in [0.2, 0.25) is 0 Å². The molecule has 0 radical (unpaired) electrons. The van der Waals surface area contributed by atoms with E-state index in [9.17, 15) is 9.59 Å². The zero-order chi connectivity index (χ0) is 18.1. The van der Waals surface area contributed by atoms with Crippen molar-refractivity contribution in [3.8, 4) is 0 Å². The Morgan fingerprint density at radius 1 is 1.12 bits per heavy atom. The zero-order valence-electron chi connectivity index (χ0n) is 14.7. The van der Waals surface area contributed by atoms with Crippen LogP contribution in [0.3, 0.4) is 0 Å². The maximum Gasteiger partial charge on any atom is 0.276 e. The SMILES string of the molecule is Cc1cccc(C(=O)N2CC(n3cc(C(=O)N4CCOCC4)nn3)C2)c1. The molecule has 4 rings (SSSR count). The molecule has 0 N–H and O–H groups in total. The van der Waals surface area contributed by atoms with Crippen molar-refractivity contribution in [1.29, 1.82) is 0 Å². The lowest BCUT2D eigenvalue weighted by atomic mass is 10.1. The summed E-state index contributed by atoms with van der Waals surface area (Å²) >= 11 is 0. The molecule has 0 bridgehead atoms. The zero-order valence-corrected chi connectivity index (χ0v) is 14.7. The van der Waals surface area contributed by atoms with E-state index in [0.717, 1.165) is 5.56 Å². The summed E-state index contributed by atoms with van der Waals surface area (Å²) in [5.41, 5.74) is 2.11. The molecule has 8 nitrogen and oxygen atoms in total. The molecule has 0 aliphatic carbocycles. The summed E-state index contributed by atoms with van der Waals surface area (Å²) in [5, 5.41) is 8.10. The van der Waals surface area contributed by atoms with E-state index < -0.39 is 0 Å². The number of amides is 2. The Bertz CT molecular complexity index is 822. The Kier molecular flexibility index (Phi) is 4.42. The molecule has 2 saturated heterocycles. The van der Waals surface area contributed by atoms with Gasteiger partial charge in [0.1, 0.15) is 0 Å². The first-order valence-electron chi connectivity index (χ1n) is 8.76. The van der Waals surface area contributed by atoms with Gasteiger partial charge >= 0.3 is 0 Å². The number of ether oxygens (including phenoxy) is 1. The molecule has 8 heteroatoms. The molecular weight excluding hydrogens is 334 g/mol. The van der Waals surface area contributed by atoms with Gasteiger partial charge in [-0.2, -0.15) is 0 Å². The standard InChI is InChI=1S/C18H21N5O3/c1-13-3-2-4-14(9-13)17(24)22-10-15(11-22)23-12-16(19-20-23)18(25)21-5-7-26-8-6-21/h2-4,9,12,15H,5-8,10-11H2,1H3. The van der Waals surface area contributed by atoms with Crippen molar-refractivity contribution in [2.45, 2.75) is 13.0 Å². The van der Waals surface area contributed by atoms with Crippen molar-refractivity contribution in [3.63, 3.8) is 0 Å². The molecule has 2 aliphatic rings. The number of carbonyl (C=O) groups excluding carboxylic acids is 2. The molecule has 2 aliphatic heterocycles. The highest BCUT2D eigenvalue weighted by Gasteiger charge is 2.34. The fourth-order valence-electron chi connectivity index (χ4n) is 3.23. The van der Waals surface area contributed by atoms with Crippen LogP contribution in [-0.2, 0) is 4.74 Å². The highest BCUT2D eigenvalue weighted by Crippen LogP contribution is 2.23. The van der Waals surface area contributed by atoms with Gasteiger partial charge in [-0.15, -0.1) is 5.10 Å². The molecule has 2 amide bonds. The van der Waals surface area contributed by atoms with Crippen LogP contribution in [0.2, 0.25) is 0 Å². The van der Waals surface area contributed by atoms with E-state index in [2.05, 4.69) is 10.3 Å². The van der Waals surface area contributed by atoms with Gasteiger partial charge in [0.15, 0.2) is 5.69 Å². The number of nitrogens with zero attached hydrogens (tertiary/aromatic N) is 5. The number of carbonyl (C=O) groups is 2. The highest BCUT2D eigenvalue weighted by atomic mass is 16.5. The van der Waals surface area contributed by atoms with E-state index in [0.29, 0.717) is 50.7 Å². The maximum atomic E-state index is 12.5. The second-order valence-corrected chi connectivity index (χ2v) is 6.72. The number of hydrogen-bond donors (Lipinski definition) is 0. The van der Waals surface area contributed by atoms with Crippen molar-refractivity contribution >= 4 is 11.8 Å². The molecule has 0 spiro atoms. The summed E-state index contributed by atoms with van der Waals surface area (Å²) in [6, 6.07) is 7.64. The monoisotopic (exact) mass is 355 g/mol. The van der Waals surface area contributed by atoms with Crippen LogP contribution in [0.5, 0.6) is 0 Å². The largest absolute Gasteiger partial charge is 0.378 e. The van der Waals surface area contributed by atoms with Crippen molar-refractivity contribution < 1.29 is 14.3 Å². The van der Waals surface area contributed by atoms with Crippen LogP contribution >= 0.6 is 0 Å². The smallest absolute Gasteiger partial charge is 0.276 e. The van der Waals surface area contributed by atoms with Gasteiger partial charge in [0.05, 0.1) is 25.5 Å². The summed E-state index contributed by atoms with van der Waals surface area (Å²) in [6.07, 6.45) is 1.68. The van der Waals surface area contributed by atoms with Crippen LogP contribution < -0.4 is 0 Å². The predicted octanol–water partition coefficient (Wildman–Crippen LogP) is 0.756. The summed E-state index contributed by atoms with van der Waals surface area (Å²) in [6.45, 7) is 5.37. The van der Waals surface area contributed by atoms with Gasteiger partial charge in [-0.05, 0) is 19.1 Å². The second kappa shape index (κ2) is 6.87. The maximum absolute atomic E-state index is 12.5. The normalized spacial score (nSPS) is 17.9. The molecule has 1 aromatic carbocycles. The van der Waals surface area contributed by atoms with Crippen molar-refractivity contribution in [3.05, 3.63) is 47.3 Å². The topological polar surface area (TPSA) is 80.6 Å². The molecule has 1 aromatic heterocycles. The summed E-state index contributed by atoms with van der Waals surface area (Å²) in [7, 11) is 0. The molecule has 0 unspecified atom stereocenters. The van der Waals surface area contributed by atoms with Crippen LogP contribution in [0.15, 0.2) is 30.5 Å². The Morgan fingerprint density at radius 2 is 1.88 bits per heavy atom. The summed E-state index contributed by atoms with van der Waals surface area (Å²) in [4.78, 5) is 28.4. The number of aryl methyl sites for hydroxylation is 1. The van der Waals surface area contributed by atoms with Crippen molar-refractivity contribution in [1.82, 2.24) is 24.8 Å². The minimum absolute atomic E-state index is 0.0229. The van der Waals surface area contributed by atoms with E-state index in [4.69, 9.17) is 4.74 Å². The van der Waals surface area contributed by atoms with Crippen molar-refractivity contribution in [2.24, 2.45) is 0 Å². The first-order valence-corrected chi connectivity index (χ1v) is 8.76. The fourth-order valence-corrected chi connectivity index (χ4v) is 3.23. The molecule has 0 saturated carbocycles. The average Bonchev–Trinajstić information content (AvgIpc) is 3.10. The molecular formula is C18H21N5O3. The Labute approximate surface area is 151 Å². The lowest BCUT2D eigenvalue weighted by Crippen LogP contribution is -2.50. The Balaban J connectivity index is 1.36. The van der Waals surface area contributed by atoms with Crippen molar-refractivity contribution in [2.75, 3.05) is 39.4 Å². The van der Waals surface area contributed by atoms with Gasteiger partial charge in [0, 0.05) is 31.7 Å². The van der Waals surface area contributed by atoms with Crippen LogP contribution in [0, 0.1) is 6.92 Å². The molecule has 2 aromatic rings. The van der Waals surface area contributed by atoms with Gasteiger partial charge in [-0.1, -0.05) is 22.9 Å². The highest BCUT2D eigenvalue weighted by molar-refractivity contribution is 5.95. The third kappa shape index (κ3) is 3.20. The number of morpholine rings is 1. The predicted molar refractivity (Wildman–Crippen MR) is 92.9 cm³/mol. The van der Waals surface area contributed by atoms with Gasteiger partial charge < -0.3 is 14.5 Å². The molecule has 26 heavy (non-hydrogen) atoms. The van der Waals surface area contributed by atoms with Gasteiger partial charge in [0.25, 0.3) is 11.8 Å². The first-order chi connectivity index (χ1) is 12.6. The third-order valence-electron chi connectivity index (χ3n) is 4.82. The van der Waals surface area contributed by atoms with Gasteiger partial charge in [-0.25, -0.2) is 4.68 Å². The van der Waals surface area contributed by atoms with E-state index in [1.165, 1.54) is 0 Å². The lowest BCUT2D eigenvalue weighted by molar-refractivity contribution is 0.0298. The average molecular weight is 355 g/mol. The van der Waals surface area contributed by atoms with Crippen LogP contribution in [0.1, 0.15) is 32.5 Å². The van der Waals surface area contributed by atoms with Crippen LogP contribution in [0.4, 0.5) is 0 Å². The molecule has 0 atom stereocenters. The molecule has 3 heterocycles. The van der Waals surface area contributed by atoms with Crippen LogP contribution in [-0.4, -0.2) is 76.0 Å². The quantitative estimate of drug-likeness (QED) is 0.812. The fraction of sp³-hybridized carbons (Fsp3) is 0.444. The lowest BCUT2D eigenvalue weighted by Gasteiger charge is -2.38. The van der Waals surface area contributed by atoms with E-state index in [-0.39, 0.29) is 17.9 Å².